The van der Waals surface area contributed by atoms with Crippen molar-refractivity contribution in [2.45, 2.75) is 155 Å². The number of hydrogen-bond donors (Lipinski definition) is 0. The summed E-state index contributed by atoms with van der Waals surface area (Å²) in [7, 11) is 0. The van der Waals surface area contributed by atoms with Gasteiger partial charge in [0.25, 0.3) is 0 Å². The van der Waals surface area contributed by atoms with Gasteiger partial charge < -0.3 is 0 Å². The molecule has 1 heteroatoms. The zero-order valence-electron chi connectivity index (χ0n) is 21.9. The first-order valence-electron chi connectivity index (χ1n) is 15.1. The Bertz CT molecular complexity index is 521. The van der Waals surface area contributed by atoms with Gasteiger partial charge in [0.05, 0.1) is 11.5 Å². The molecule has 3 aliphatic carbocycles. The van der Waals surface area contributed by atoms with Crippen LogP contribution in [0.25, 0.3) is 0 Å². The molecule has 3 rings (SSSR count). The van der Waals surface area contributed by atoms with Gasteiger partial charge in [-0.15, -0.1) is 0 Å². The predicted octanol–water partition coefficient (Wildman–Crippen LogP) is 10.2. The SMILES string of the molecule is CCCCCC1CCC(C2CCC(CCC3CCC(C#N)(CCCCC)CC3)CC2)CC1. The fraction of sp³-hybridized carbons (Fsp3) is 0.968. The van der Waals surface area contributed by atoms with Crippen LogP contribution in [0.2, 0.25) is 0 Å². The molecule has 0 saturated heterocycles. The summed E-state index contributed by atoms with van der Waals surface area (Å²) in [6.45, 7) is 4.60. The summed E-state index contributed by atoms with van der Waals surface area (Å²) in [4.78, 5) is 0. The third-order valence-electron chi connectivity index (χ3n) is 10.2. The monoisotopic (exact) mass is 441 g/mol. The molecule has 3 fully saturated rings. The van der Waals surface area contributed by atoms with E-state index in [2.05, 4.69) is 19.9 Å². The van der Waals surface area contributed by atoms with E-state index >= 15 is 0 Å². The molecule has 0 heterocycles. The van der Waals surface area contributed by atoms with Crippen LogP contribution in [0.15, 0.2) is 0 Å². The molecule has 0 aromatic carbocycles. The largest absolute Gasteiger partial charge is 0.198 e. The fourth-order valence-electron chi connectivity index (χ4n) is 7.70. The standard InChI is InChI=1S/C31H55N/c1-3-5-7-9-26-12-16-29(17-13-26)30-18-14-27(15-19-30)10-11-28-20-23-31(25-32,24-21-28)22-8-6-4-2/h26-30H,3-24H2,1-2H3. The normalized spacial score (nSPS) is 36.0. The molecule has 0 unspecified atom stereocenters. The molecule has 0 amide bonds. The summed E-state index contributed by atoms with van der Waals surface area (Å²) in [5, 5.41) is 9.81. The van der Waals surface area contributed by atoms with Gasteiger partial charge in [0.2, 0.25) is 0 Å². The van der Waals surface area contributed by atoms with Crippen molar-refractivity contribution in [2.24, 2.45) is 35.0 Å². The zero-order chi connectivity index (χ0) is 22.7. The van der Waals surface area contributed by atoms with E-state index in [0.29, 0.717) is 0 Å². The maximum Gasteiger partial charge on any atom is 0.0689 e. The minimum Gasteiger partial charge on any atom is -0.198 e. The van der Waals surface area contributed by atoms with E-state index in [1.54, 1.807) is 25.7 Å². The minimum absolute atomic E-state index is 0.0404. The Morgan fingerprint density at radius 3 is 1.56 bits per heavy atom. The molecular weight excluding hydrogens is 386 g/mol. The van der Waals surface area contributed by atoms with Crippen LogP contribution in [0.4, 0.5) is 0 Å². The summed E-state index contributed by atoms with van der Waals surface area (Å²) < 4.78 is 0. The zero-order valence-corrected chi connectivity index (χ0v) is 21.9. The van der Waals surface area contributed by atoms with Gasteiger partial charge >= 0.3 is 0 Å². The van der Waals surface area contributed by atoms with E-state index in [1.807, 2.05) is 0 Å². The van der Waals surface area contributed by atoms with Crippen molar-refractivity contribution in [1.29, 1.82) is 5.26 Å². The molecular formula is C31H55N. The van der Waals surface area contributed by atoms with Crippen molar-refractivity contribution in [3.05, 3.63) is 0 Å². The first kappa shape index (κ1) is 26.1. The summed E-state index contributed by atoms with van der Waals surface area (Å²) in [5.41, 5.74) is 0.0404. The van der Waals surface area contributed by atoms with Gasteiger partial charge in [-0.3, -0.25) is 0 Å². The van der Waals surface area contributed by atoms with E-state index < -0.39 is 0 Å². The summed E-state index contributed by atoms with van der Waals surface area (Å²) >= 11 is 0. The molecule has 0 aromatic rings. The van der Waals surface area contributed by atoms with Gasteiger partial charge in [-0.25, -0.2) is 0 Å². The molecule has 0 aliphatic heterocycles. The van der Waals surface area contributed by atoms with E-state index in [1.165, 1.54) is 109 Å². The van der Waals surface area contributed by atoms with Crippen molar-refractivity contribution >= 4 is 0 Å². The van der Waals surface area contributed by atoms with Crippen molar-refractivity contribution < 1.29 is 0 Å². The quantitative estimate of drug-likeness (QED) is 0.276. The maximum atomic E-state index is 9.81. The number of unbranched alkanes of at least 4 members (excludes halogenated alkanes) is 4. The Morgan fingerprint density at radius 2 is 1.06 bits per heavy atom. The number of rotatable bonds is 12. The lowest BCUT2D eigenvalue weighted by atomic mass is 9.66. The highest BCUT2D eigenvalue weighted by Crippen LogP contribution is 2.46. The first-order chi connectivity index (χ1) is 15.7. The van der Waals surface area contributed by atoms with Gasteiger partial charge in [-0.1, -0.05) is 97.3 Å². The Hall–Kier alpha value is -0.510. The average Bonchev–Trinajstić information content (AvgIpc) is 2.85. The van der Waals surface area contributed by atoms with Crippen LogP contribution in [0, 0.1) is 46.3 Å². The van der Waals surface area contributed by atoms with Gasteiger partial charge in [-0.2, -0.15) is 5.26 Å². The van der Waals surface area contributed by atoms with Crippen molar-refractivity contribution in [1.82, 2.24) is 0 Å². The van der Waals surface area contributed by atoms with Crippen molar-refractivity contribution in [3.63, 3.8) is 0 Å². The number of nitriles is 1. The van der Waals surface area contributed by atoms with E-state index in [9.17, 15) is 5.26 Å². The molecule has 0 aromatic heterocycles. The topological polar surface area (TPSA) is 23.8 Å². The Morgan fingerprint density at radius 1 is 0.594 bits per heavy atom. The predicted molar refractivity (Wildman–Crippen MR) is 138 cm³/mol. The van der Waals surface area contributed by atoms with Gasteiger partial charge in [-0.05, 0) is 87.4 Å². The molecule has 0 bridgehead atoms. The van der Waals surface area contributed by atoms with Crippen LogP contribution < -0.4 is 0 Å². The lowest BCUT2D eigenvalue weighted by Gasteiger charge is -2.39. The average molecular weight is 442 g/mol. The van der Waals surface area contributed by atoms with Crippen LogP contribution in [0.5, 0.6) is 0 Å². The van der Waals surface area contributed by atoms with Gasteiger partial charge in [0.1, 0.15) is 0 Å². The van der Waals surface area contributed by atoms with E-state index in [4.69, 9.17) is 0 Å². The summed E-state index contributed by atoms with van der Waals surface area (Å²) in [5.74, 6) is 5.14. The lowest BCUT2D eigenvalue weighted by molar-refractivity contribution is 0.132. The highest BCUT2D eigenvalue weighted by molar-refractivity contribution is 5.01. The van der Waals surface area contributed by atoms with Crippen LogP contribution in [-0.2, 0) is 0 Å². The first-order valence-corrected chi connectivity index (χ1v) is 15.1. The van der Waals surface area contributed by atoms with Crippen LogP contribution in [-0.4, -0.2) is 0 Å². The molecule has 0 spiro atoms. The van der Waals surface area contributed by atoms with E-state index in [-0.39, 0.29) is 5.41 Å². The number of nitrogens with zero attached hydrogens (tertiary/aromatic N) is 1. The molecule has 3 saturated carbocycles. The summed E-state index contributed by atoms with van der Waals surface area (Å²) in [6.07, 6.45) is 31.1. The number of hydrogen-bond acceptors (Lipinski definition) is 1. The molecule has 0 atom stereocenters. The maximum absolute atomic E-state index is 9.81. The Balaban J connectivity index is 1.27. The van der Waals surface area contributed by atoms with Crippen LogP contribution in [0.1, 0.15) is 155 Å². The molecule has 0 radical (unpaired) electrons. The minimum atomic E-state index is 0.0404. The highest BCUT2D eigenvalue weighted by Gasteiger charge is 2.35. The van der Waals surface area contributed by atoms with Crippen LogP contribution in [0.3, 0.4) is 0 Å². The Labute approximate surface area is 201 Å². The van der Waals surface area contributed by atoms with Gasteiger partial charge in [0.15, 0.2) is 0 Å². The smallest absolute Gasteiger partial charge is 0.0689 e. The molecule has 184 valence electrons. The molecule has 0 N–H and O–H groups in total. The van der Waals surface area contributed by atoms with E-state index in [0.717, 1.165) is 36.0 Å². The Kier molecular flexibility index (Phi) is 11.4. The third-order valence-corrected chi connectivity index (χ3v) is 10.2. The molecule has 1 nitrogen and oxygen atoms in total. The van der Waals surface area contributed by atoms with Crippen molar-refractivity contribution in [2.75, 3.05) is 0 Å². The fourth-order valence-corrected chi connectivity index (χ4v) is 7.70. The third kappa shape index (κ3) is 8.06. The van der Waals surface area contributed by atoms with Gasteiger partial charge in [0, 0.05) is 0 Å². The second kappa shape index (κ2) is 14.0. The van der Waals surface area contributed by atoms with Crippen LogP contribution >= 0.6 is 0 Å². The second-order valence-electron chi connectivity index (χ2n) is 12.4. The lowest BCUT2D eigenvalue weighted by Crippen LogP contribution is -2.27. The molecule has 32 heavy (non-hydrogen) atoms. The summed E-state index contributed by atoms with van der Waals surface area (Å²) in [6, 6.07) is 2.75. The second-order valence-corrected chi connectivity index (χ2v) is 12.4. The van der Waals surface area contributed by atoms with Crippen molar-refractivity contribution in [3.8, 4) is 6.07 Å². The molecule has 3 aliphatic rings. The highest BCUT2D eigenvalue weighted by atomic mass is 14.4.